The smallest absolute Gasteiger partial charge is 0.388 e. The maximum atomic E-state index is 12.5. The second-order valence-electron chi connectivity index (χ2n) is 5.58. The molecule has 2 atom stereocenters. The highest BCUT2D eigenvalue weighted by Crippen LogP contribution is 2.43. The van der Waals surface area contributed by atoms with Crippen molar-refractivity contribution < 1.29 is 22.4 Å². The van der Waals surface area contributed by atoms with E-state index in [1.807, 2.05) is 6.07 Å². The lowest BCUT2D eigenvalue weighted by Gasteiger charge is -2.31. The number of aliphatic hydroxyl groups is 1. The Morgan fingerprint density at radius 1 is 1.12 bits per heavy atom. The van der Waals surface area contributed by atoms with Crippen molar-refractivity contribution in [3.8, 4) is 5.75 Å². The second kappa shape index (κ2) is 5.62. The third-order valence-electron chi connectivity index (χ3n) is 4.04. The first-order valence-electron chi connectivity index (χ1n) is 7.46. The van der Waals surface area contributed by atoms with Gasteiger partial charge in [0.05, 0.1) is 12.6 Å². The van der Waals surface area contributed by atoms with Crippen LogP contribution in [0.3, 0.4) is 0 Å². The molecule has 2 aliphatic heterocycles. The van der Waals surface area contributed by atoms with Gasteiger partial charge in [-0.15, -0.1) is 4.31 Å². The highest BCUT2D eigenvalue weighted by molar-refractivity contribution is 7.84. The van der Waals surface area contributed by atoms with Gasteiger partial charge in [0.25, 0.3) is 0 Å². The van der Waals surface area contributed by atoms with Crippen LogP contribution >= 0.6 is 0 Å². The van der Waals surface area contributed by atoms with Crippen LogP contribution in [0.5, 0.6) is 5.75 Å². The van der Waals surface area contributed by atoms with Gasteiger partial charge in [-0.3, -0.25) is 0 Å². The average molecular weight is 345 g/mol. The van der Waals surface area contributed by atoms with Gasteiger partial charge in [0.1, 0.15) is 5.76 Å². The fourth-order valence-corrected chi connectivity index (χ4v) is 4.27. The summed E-state index contributed by atoms with van der Waals surface area (Å²) in [6.45, 7) is 0.137. The lowest BCUT2D eigenvalue weighted by Crippen LogP contribution is -2.42. The molecule has 6 nitrogen and oxygen atoms in total. The zero-order chi connectivity index (χ0) is 16.7. The SMILES string of the molecule is O=S1(=O)Oc2ccccc2[C@@H]2OC[C@@H](/C=C(\O)c3ccccc3)N21. The van der Waals surface area contributed by atoms with Crippen LogP contribution in [-0.2, 0) is 15.0 Å². The van der Waals surface area contributed by atoms with Crippen LogP contribution in [-0.4, -0.2) is 30.5 Å². The zero-order valence-electron chi connectivity index (χ0n) is 12.6. The van der Waals surface area contributed by atoms with E-state index in [2.05, 4.69) is 0 Å². The summed E-state index contributed by atoms with van der Waals surface area (Å²) >= 11 is 0. The van der Waals surface area contributed by atoms with E-state index in [-0.39, 0.29) is 18.1 Å². The second-order valence-corrected chi connectivity index (χ2v) is 7.02. The highest BCUT2D eigenvalue weighted by Gasteiger charge is 2.48. The minimum absolute atomic E-state index is 0.00101. The standard InChI is InChI=1S/C17H15NO5S/c19-15(12-6-2-1-3-7-12)10-13-11-22-17-14-8-4-5-9-16(14)23-24(20,21)18(13)17/h1-10,13,17,19H,11H2/b15-10-/t13-,17+/m1/s1. The van der Waals surface area contributed by atoms with Gasteiger partial charge in [0.15, 0.2) is 12.0 Å². The minimum Gasteiger partial charge on any atom is -0.508 e. The Kier molecular flexibility index (Phi) is 3.56. The molecule has 4 rings (SSSR count). The van der Waals surface area contributed by atoms with E-state index in [1.54, 1.807) is 48.5 Å². The van der Waals surface area contributed by atoms with Crippen molar-refractivity contribution in [2.24, 2.45) is 0 Å². The maximum Gasteiger partial charge on any atom is 0.388 e. The third-order valence-corrected chi connectivity index (χ3v) is 5.41. The van der Waals surface area contributed by atoms with Crippen LogP contribution in [0.2, 0.25) is 0 Å². The van der Waals surface area contributed by atoms with Gasteiger partial charge in [0, 0.05) is 11.1 Å². The van der Waals surface area contributed by atoms with E-state index in [0.29, 0.717) is 11.1 Å². The quantitative estimate of drug-likeness (QED) is 0.847. The number of nitrogens with zero attached hydrogens (tertiary/aromatic N) is 1. The lowest BCUT2D eigenvalue weighted by atomic mass is 10.1. The summed E-state index contributed by atoms with van der Waals surface area (Å²) in [7, 11) is -4.00. The summed E-state index contributed by atoms with van der Waals surface area (Å²) in [6, 6.07) is 15.1. The number of benzene rings is 2. The van der Waals surface area contributed by atoms with Crippen molar-refractivity contribution in [3.05, 3.63) is 71.8 Å². The summed E-state index contributed by atoms with van der Waals surface area (Å²) in [5.41, 5.74) is 1.26. The molecule has 2 heterocycles. The molecule has 0 saturated carbocycles. The molecule has 2 aliphatic rings. The topological polar surface area (TPSA) is 76.1 Å². The Morgan fingerprint density at radius 2 is 1.83 bits per heavy atom. The Labute approximate surface area is 139 Å². The molecule has 0 spiro atoms. The lowest BCUT2D eigenvalue weighted by molar-refractivity contribution is 0.0577. The Morgan fingerprint density at radius 3 is 2.62 bits per heavy atom. The summed E-state index contributed by atoms with van der Waals surface area (Å²) in [5.74, 6) is 0.273. The number of aliphatic hydroxyl groups excluding tert-OH is 1. The van der Waals surface area contributed by atoms with Crippen molar-refractivity contribution in [2.45, 2.75) is 12.3 Å². The monoisotopic (exact) mass is 345 g/mol. The van der Waals surface area contributed by atoms with Crippen LogP contribution in [0.1, 0.15) is 17.4 Å². The fraction of sp³-hybridized carbons (Fsp3) is 0.176. The van der Waals surface area contributed by atoms with Gasteiger partial charge in [0.2, 0.25) is 0 Å². The third kappa shape index (κ3) is 2.47. The van der Waals surface area contributed by atoms with Gasteiger partial charge < -0.3 is 14.0 Å². The highest BCUT2D eigenvalue weighted by atomic mass is 32.2. The van der Waals surface area contributed by atoms with E-state index >= 15 is 0 Å². The van der Waals surface area contributed by atoms with Crippen LogP contribution in [0.15, 0.2) is 60.7 Å². The Hall–Kier alpha value is -2.35. The summed E-state index contributed by atoms with van der Waals surface area (Å²) < 4.78 is 36.9. The molecule has 0 amide bonds. The van der Waals surface area contributed by atoms with Gasteiger partial charge in [-0.2, -0.15) is 8.42 Å². The van der Waals surface area contributed by atoms with Crippen LogP contribution in [0.4, 0.5) is 0 Å². The predicted molar refractivity (Wildman–Crippen MR) is 87.4 cm³/mol. The van der Waals surface area contributed by atoms with E-state index in [4.69, 9.17) is 8.92 Å². The molecule has 0 radical (unpaired) electrons. The molecule has 124 valence electrons. The van der Waals surface area contributed by atoms with Crippen LogP contribution in [0, 0.1) is 0 Å². The molecule has 7 heteroatoms. The fourth-order valence-electron chi connectivity index (χ4n) is 2.95. The molecule has 1 N–H and O–H groups in total. The van der Waals surface area contributed by atoms with Crippen molar-refractivity contribution in [1.82, 2.24) is 4.31 Å². The van der Waals surface area contributed by atoms with Crippen molar-refractivity contribution in [2.75, 3.05) is 6.61 Å². The Balaban J connectivity index is 1.72. The summed E-state index contributed by atoms with van der Waals surface area (Å²) in [6.07, 6.45) is 0.731. The first-order valence-corrected chi connectivity index (χ1v) is 8.82. The first-order chi connectivity index (χ1) is 11.6. The number of hydrogen-bond acceptors (Lipinski definition) is 5. The number of ether oxygens (including phenoxy) is 1. The molecule has 2 aromatic carbocycles. The van der Waals surface area contributed by atoms with E-state index in [9.17, 15) is 13.5 Å². The molecule has 0 unspecified atom stereocenters. The van der Waals surface area contributed by atoms with E-state index in [0.717, 1.165) is 4.31 Å². The summed E-state index contributed by atoms with van der Waals surface area (Å²) in [4.78, 5) is 0. The number of fused-ring (bicyclic) bond motifs is 3. The normalized spacial score (nSPS) is 25.6. The molecule has 0 bridgehead atoms. The zero-order valence-corrected chi connectivity index (χ0v) is 13.4. The van der Waals surface area contributed by atoms with Crippen molar-refractivity contribution >= 4 is 16.1 Å². The molecule has 0 aliphatic carbocycles. The van der Waals surface area contributed by atoms with Crippen molar-refractivity contribution in [3.63, 3.8) is 0 Å². The largest absolute Gasteiger partial charge is 0.508 e. The van der Waals surface area contributed by atoms with Gasteiger partial charge >= 0.3 is 10.3 Å². The molecule has 2 aromatic rings. The first kappa shape index (κ1) is 15.2. The number of para-hydroxylation sites is 1. The molecule has 0 aromatic heterocycles. The number of rotatable bonds is 2. The molecule has 1 saturated heterocycles. The number of hydrogen-bond donors (Lipinski definition) is 1. The van der Waals surface area contributed by atoms with Crippen LogP contribution < -0.4 is 4.18 Å². The molecular formula is C17H15NO5S. The van der Waals surface area contributed by atoms with Gasteiger partial charge in [-0.05, 0) is 12.1 Å². The summed E-state index contributed by atoms with van der Waals surface area (Å²) in [5, 5.41) is 10.3. The van der Waals surface area contributed by atoms with E-state index in [1.165, 1.54) is 6.08 Å². The maximum absolute atomic E-state index is 12.5. The van der Waals surface area contributed by atoms with Crippen LogP contribution in [0.25, 0.3) is 5.76 Å². The van der Waals surface area contributed by atoms with Crippen molar-refractivity contribution in [1.29, 1.82) is 0 Å². The predicted octanol–water partition coefficient (Wildman–Crippen LogP) is 2.62. The van der Waals surface area contributed by atoms with E-state index < -0.39 is 22.6 Å². The van der Waals surface area contributed by atoms with Gasteiger partial charge in [-0.25, -0.2) is 0 Å². The molecule has 1 fully saturated rings. The molecular weight excluding hydrogens is 330 g/mol. The molecule has 24 heavy (non-hydrogen) atoms. The minimum atomic E-state index is -4.00. The van der Waals surface area contributed by atoms with Gasteiger partial charge in [-0.1, -0.05) is 48.5 Å². The average Bonchev–Trinajstić information content (AvgIpc) is 3.00. The Bertz CT molecular complexity index is 894.